The maximum atomic E-state index is 8.85. The second-order valence-corrected chi connectivity index (χ2v) is 2.98. The molecule has 0 aromatic carbocycles. The number of rotatable bonds is 5. The van der Waals surface area contributed by atoms with Crippen LogP contribution in [0.3, 0.4) is 0 Å². The summed E-state index contributed by atoms with van der Waals surface area (Å²) in [5.41, 5.74) is 2.30. The molecule has 0 saturated heterocycles. The lowest BCUT2D eigenvalue weighted by molar-refractivity contribution is 0.127. The van der Waals surface area contributed by atoms with E-state index in [0.29, 0.717) is 13.2 Å². The van der Waals surface area contributed by atoms with Crippen molar-refractivity contribution in [3.63, 3.8) is 0 Å². The lowest BCUT2D eigenvalue weighted by atomic mass is 10.4. The van der Waals surface area contributed by atoms with Crippen LogP contribution in [0.2, 0.25) is 0 Å². The number of aryl methyl sites for hydroxylation is 1. The van der Waals surface area contributed by atoms with Crippen LogP contribution in [0, 0.1) is 6.92 Å². The van der Waals surface area contributed by atoms with Crippen LogP contribution in [0.1, 0.15) is 18.3 Å². The van der Waals surface area contributed by atoms with E-state index in [9.17, 15) is 0 Å². The topological polar surface area (TPSA) is 34.4 Å². The Balaban J connectivity index is 2.68. The van der Waals surface area contributed by atoms with Gasteiger partial charge in [-0.1, -0.05) is 0 Å². The van der Waals surface area contributed by atoms with Crippen LogP contribution in [0.4, 0.5) is 0 Å². The third-order valence-corrected chi connectivity index (χ3v) is 2.07. The van der Waals surface area contributed by atoms with Crippen molar-refractivity contribution in [3.05, 3.63) is 23.5 Å². The van der Waals surface area contributed by atoms with E-state index in [1.807, 2.05) is 26.0 Å². The molecule has 0 unspecified atom stereocenters. The summed E-state index contributed by atoms with van der Waals surface area (Å²) in [6.45, 7) is 6.20. The molecule has 0 saturated carbocycles. The highest BCUT2D eigenvalue weighted by Crippen LogP contribution is 2.09. The molecule has 0 spiro atoms. The lowest BCUT2D eigenvalue weighted by Crippen LogP contribution is -2.08. The molecule has 0 atom stereocenters. The quantitative estimate of drug-likeness (QED) is 0.747. The normalized spacial score (nSPS) is 10.7. The molecule has 0 aliphatic rings. The van der Waals surface area contributed by atoms with Gasteiger partial charge in [0.05, 0.1) is 13.2 Å². The molecule has 0 aliphatic heterocycles. The molecule has 74 valence electrons. The number of aliphatic hydroxyl groups excluding tert-OH is 1. The minimum atomic E-state index is 0.175. The van der Waals surface area contributed by atoms with Crippen LogP contribution < -0.4 is 0 Å². The molecule has 0 bridgehead atoms. The Kier molecular flexibility index (Phi) is 3.99. The summed E-state index contributed by atoms with van der Waals surface area (Å²) >= 11 is 0. The minimum Gasteiger partial charge on any atom is -0.395 e. The molecule has 0 aliphatic carbocycles. The molecule has 1 aromatic rings. The summed E-state index contributed by atoms with van der Waals surface area (Å²) in [5.74, 6) is 0. The van der Waals surface area contributed by atoms with Crippen molar-refractivity contribution in [1.82, 2.24) is 4.57 Å². The largest absolute Gasteiger partial charge is 0.395 e. The van der Waals surface area contributed by atoms with Gasteiger partial charge < -0.3 is 14.4 Å². The Bertz CT molecular complexity index is 255. The van der Waals surface area contributed by atoms with Crippen molar-refractivity contribution in [2.24, 2.45) is 0 Å². The van der Waals surface area contributed by atoms with Gasteiger partial charge in [-0.15, -0.1) is 0 Å². The fourth-order valence-electron chi connectivity index (χ4n) is 1.38. The van der Waals surface area contributed by atoms with E-state index in [2.05, 4.69) is 4.57 Å². The minimum absolute atomic E-state index is 0.175. The summed E-state index contributed by atoms with van der Waals surface area (Å²) < 4.78 is 7.40. The van der Waals surface area contributed by atoms with E-state index < -0.39 is 0 Å². The molecule has 3 nitrogen and oxygen atoms in total. The summed E-state index contributed by atoms with van der Waals surface area (Å²) in [4.78, 5) is 0. The van der Waals surface area contributed by atoms with Gasteiger partial charge in [-0.25, -0.2) is 0 Å². The SMILES string of the molecule is CCOCc1ccc(C)n1CCO. The van der Waals surface area contributed by atoms with E-state index in [1.165, 1.54) is 5.69 Å². The number of nitrogens with zero attached hydrogens (tertiary/aromatic N) is 1. The highest BCUT2D eigenvalue weighted by atomic mass is 16.5. The van der Waals surface area contributed by atoms with Crippen LogP contribution in [0.25, 0.3) is 0 Å². The fraction of sp³-hybridized carbons (Fsp3) is 0.600. The van der Waals surface area contributed by atoms with Crippen molar-refractivity contribution in [2.75, 3.05) is 13.2 Å². The van der Waals surface area contributed by atoms with Gasteiger partial charge in [0.25, 0.3) is 0 Å². The molecule has 0 amide bonds. The first-order chi connectivity index (χ1) is 6.29. The highest BCUT2D eigenvalue weighted by molar-refractivity contribution is 5.14. The lowest BCUT2D eigenvalue weighted by Gasteiger charge is -2.09. The highest BCUT2D eigenvalue weighted by Gasteiger charge is 2.03. The first kappa shape index (κ1) is 10.3. The predicted molar refractivity (Wildman–Crippen MR) is 51.6 cm³/mol. The Labute approximate surface area is 78.9 Å². The van der Waals surface area contributed by atoms with Gasteiger partial charge in [-0.05, 0) is 26.0 Å². The van der Waals surface area contributed by atoms with Crippen LogP contribution in [0.5, 0.6) is 0 Å². The van der Waals surface area contributed by atoms with Crippen LogP contribution in [0.15, 0.2) is 12.1 Å². The van der Waals surface area contributed by atoms with Crippen molar-refractivity contribution in [2.45, 2.75) is 27.0 Å². The number of aliphatic hydroxyl groups is 1. The Morgan fingerprint density at radius 2 is 2.23 bits per heavy atom. The Morgan fingerprint density at radius 3 is 2.85 bits per heavy atom. The molecule has 1 heterocycles. The molecule has 3 heteroatoms. The van der Waals surface area contributed by atoms with E-state index >= 15 is 0 Å². The second kappa shape index (κ2) is 5.04. The number of hydrogen-bond acceptors (Lipinski definition) is 2. The van der Waals surface area contributed by atoms with E-state index in [0.717, 1.165) is 12.3 Å². The van der Waals surface area contributed by atoms with Crippen molar-refractivity contribution in [3.8, 4) is 0 Å². The van der Waals surface area contributed by atoms with Gasteiger partial charge >= 0.3 is 0 Å². The first-order valence-corrected chi connectivity index (χ1v) is 4.63. The van der Waals surface area contributed by atoms with E-state index in [-0.39, 0.29) is 6.61 Å². The van der Waals surface area contributed by atoms with Gasteiger partial charge in [0.15, 0.2) is 0 Å². The maximum absolute atomic E-state index is 8.85. The zero-order valence-electron chi connectivity index (χ0n) is 8.29. The van der Waals surface area contributed by atoms with Gasteiger partial charge in [0.2, 0.25) is 0 Å². The molecule has 1 aromatic heterocycles. The third kappa shape index (κ3) is 2.57. The number of hydrogen-bond donors (Lipinski definition) is 1. The van der Waals surface area contributed by atoms with Crippen LogP contribution >= 0.6 is 0 Å². The maximum Gasteiger partial charge on any atom is 0.0867 e. The van der Waals surface area contributed by atoms with E-state index in [1.54, 1.807) is 0 Å². The fourth-order valence-corrected chi connectivity index (χ4v) is 1.38. The zero-order valence-corrected chi connectivity index (χ0v) is 8.29. The monoisotopic (exact) mass is 183 g/mol. The van der Waals surface area contributed by atoms with Crippen molar-refractivity contribution < 1.29 is 9.84 Å². The molecule has 0 fully saturated rings. The standard InChI is InChI=1S/C10H17NO2/c1-3-13-8-10-5-4-9(2)11(10)6-7-12/h4-5,12H,3,6-8H2,1-2H3. The summed E-state index contributed by atoms with van der Waals surface area (Å²) in [7, 11) is 0. The van der Waals surface area contributed by atoms with Gasteiger partial charge in [-0.3, -0.25) is 0 Å². The molecule has 0 radical (unpaired) electrons. The summed E-state index contributed by atoms with van der Waals surface area (Å²) in [6.07, 6.45) is 0. The molecular formula is C10H17NO2. The number of aromatic nitrogens is 1. The Hall–Kier alpha value is -0.800. The first-order valence-electron chi connectivity index (χ1n) is 4.63. The number of ether oxygens (including phenoxy) is 1. The van der Waals surface area contributed by atoms with Crippen molar-refractivity contribution >= 4 is 0 Å². The van der Waals surface area contributed by atoms with E-state index in [4.69, 9.17) is 9.84 Å². The third-order valence-electron chi connectivity index (χ3n) is 2.07. The Morgan fingerprint density at radius 1 is 1.46 bits per heavy atom. The van der Waals surface area contributed by atoms with Gasteiger partial charge in [-0.2, -0.15) is 0 Å². The second-order valence-electron chi connectivity index (χ2n) is 2.98. The molecule has 13 heavy (non-hydrogen) atoms. The van der Waals surface area contributed by atoms with Gasteiger partial charge in [0.1, 0.15) is 0 Å². The average molecular weight is 183 g/mol. The van der Waals surface area contributed by atoms with Crippen LogP contribution in [-0.4, -0.2) is 22.9 Å². The summed E-state index contributed by atoms with van der Waals surface area (Å²) in [5, 5.41) is 8.85. The zero-order chi connectivity index (χ0) is 9.68. The average Bonchev–Trinajstić information content (AvgIpc) is 2.46. The predicted octanol–water partition coefficient (Wildman–Crippen LogP) is 1.33. The molecule has 1 rings (SSSR count). The van der Waals surface area contributed by atoms with Crippen LogP contribution in [-0.2, 0) is 17.9 Å². The molecular weight excluding hydrogens is 166 g/mol. The van der Waals surface area contributed by atoms with Crippen molar-refractivity contribution in [1.29, 1.82) is 0 Å². The summed E-state index contributed by atoms with van der Waals surface area (Å²) in [6, 6.07) is 4.09. The molecule has 1 N–H and O–H groups in total. The van der Waals surface area contributed by atoms with Gasteiger partial charge in [0, 0.05) is 24.5 Å². The smallest absolute Gasteiger partial charge is 0.0867 e.